The number of aliphatic imine (C=N–C) groups is 1. The fraction of sp³-hybridized carbons (Fsp3) is 0.938. The average molecular weight is 488 g/mol. The highest BCUT2D eigenvalue weighted by Gasteiger charge is 2.33. The zero-order chi connectivity index (χ0) is 17.5. The van der Waals surface area contributed by atoms with Crippen molar-refractivity contribution in [2.75, 3.05) is 52.7 Å². The lowest BCUT2D eigenvalue weighted by Gasteiger charge is -2.30. The lowest BCUT2D eigenvalue weighted by atomic mass is 9.83. The van der Waals surface area contributed by atoms with E-state index in [0.29, 0.717) is 25.0 Å². The van der Waals surface area contributed by atoms with E-state index in [1.807, 2.05) is 0 Å². The van der Waals surface area contributed by atoms with Gasteiger partial charge < -0.3 is 15.4 Å². The van der Waals surface area contributed by atoms with Crippen LogP contribution in [0.1, 0.15) is 38.5 Å². The van der Waals surface area contributed by atoms with E-state index in [-0.39, 0.29) is 29.7 Å². The van der Waals surface area contributed by atoms with E-state index in [0.717, 1.165) is 32.0 Å². The molecule has 1 saturated heterocycles. The number of hydrogen-bond donors (Lipinski definition) is 2. The average Bonchev–Trinajstić information content (AvgIpc) is 3.16. The zero-order valence-corrected chi connectivity index (χ0v) is 18.6. The Morgan fingerprint density at radius 1 is 1.24 bits per heavy atom. The number of rotatable bonds is 8. The summed E-state index contributed by atoms with van der Waals surface area (Å²) >= 11 is 0. The van der Waals surface area contributed by atoms with E-state index in [4.69, 9.17) is 4.74 Å². The Kier molecular flexibility index (Phi) is 9.97. The van der Waals surface area contributed by atoms with Crippen LogP contribution in [0.5, 0.6) is 0 Å². The van der Waals surface area contributed by atoms with Gasteiger partial charge in [0.25, 0.3) is 0 Å². The molecule has 0 aromatic heterocycles. The quantitative estimate of drug-likeness (QED) is 0.307. The second-order valence-corrected chi connectivity index (χ2v) is 8.96. The molecule has 0 bridgehead atoms. The largest absolute Gasteiger partial charge is 0.385 e. The summed E-state index contributed by atoms with van der Waals surface area (Å²) in [6, 6.07) is 0. The van der Waals surface area contributed by atoms with Crippen molar-refractivity contribution in [3.63, 3.8) is 0 Å². The smallest absolute Gasteiger partial charge is 0.214 e. The van der Waals surface area contributed by atoms with E-state index < -0.39 is 10.0 Å². The summed E-state index contributed by atoms with van der Waals surface area (Å²) in [5.41, 5.74) is 0.298. The fourth-order valence-corrected chi connectivity index (χ4v) is 5.22. The van der Waals surface area contributed by atoms with Crippen molar-refractivity contribution >= 4 is 40.0 Å². The molecule has 0 radical (unpaired) electrons. The molecule has 0 unspecified atom stereocenters. The predicted octanol–water partition coefficient (Wildman–Crippen LogP) is 1.40. The molecule has 1 heterocycles. The van der Waals surface area contributed by atoms with Gasteiger partial charge in [0.2, 0.25) is 10.0 Å². The third kappa shape index (κ3) is 6.84. The maximum Gasteiger partial charge on any atom is 0.214 e. The highest BCUT2D eigenvalue weighted by molar-refractivity contribution is 14.0. The van der Waals surface area contributed by atoms with Crippen LogP contribution in [0.3, 0.4) is 0 Å². The maximum absolute atomic E-state index is 11.8. The Morgan fingerprint density at radius 3 is 2.52 bits per heavy atom. The number of nitrogens with one attached hydrogen (secondary N) is 2. The van der Waals surface area contributed by atoms with E-state index in [9.17, 15) is 8.42 Å². The molecule has 2 aliphatic rings. The number of sulfonamides is 1. The van der Waals surface area contributed by atoms with E-state index in [1.54, 1.807) is 18.5 Å². The van der Waals surface area contributed by atoms with Crippen molar-refractivity contribution in [1.82, 2.24) is 14.9 Å². The summed E-state index contributed by atoms with van der Waals surface area (Å²) < 4.78 is 30.4. The third-order valence-corrected chi connectivity index (χ3v) is 7.17. The molecular weight excluding hydrogens is 455 g/mol. The minimum Gasteiger partial charge on any atom is -0.385 e. The molecule has 0 aromatic rings. The fourth-order valence-electron chi connectivity index (χ4n) is 3.69. The molecule has 0 spiro atoms. The minimum absolute atomic E-state index is 0. The van der Waals surface area contributed by atoms with Crippen LogP contribution in [-0.2, 0) is 14.8 Å². The first kappa shape index (κ1) is 22.9. The Morgan fingerprint density at radius 2 is 1.96 bits per heavy atom. The molecular formula is C16H33IN4O3S. The molecule has 0 amide bonds. The van der Waals surface area contributed by atoms with Gasteiger partial charge in [-0.15, -0.1) is 24.0 Å². The number of guanidine groups is 1. The van der Waals surface area contributed by atoms with Crippen LogP contribution in [0.15, 0.2) is 4.99 Å². The van der Waals surface area contributed by atoms with Crippen molar-refractivity contribution < 1.29 is 13.2 Å². The van der Waals surface area contributed by atoms with Gasteiger partial charge in [-0.1, -0.05) is 12.8 Å². The summed E-state index contributed by atoms with van der Waals surface area (Å²) in [7, 11) is 0.483. The zero-order valence-electron chi connectivity index (χ0n) is 15.4. The molecule has 2 N–H and O–H groups in total. The van der Waals surface area contributed by atoms with Crippen LogP contribution in [0.2, 0.25) is 0 Å². The summed E-state index contributed by atoms with van der Waals surface area (Å²) in [6.07, 6.45) is 6.82. The van der Waals surface area contributed by atoms with Gasteiger partial charge in [0, 0.05) is 46.9 Å². The van der Waals surface area contributed by atoms with Crippen molar-refractivity contribution in [2.24, 2.45) is 10.4 Å². The Labute approximate surface area is 169 Å². The Bertz CT molecular complexity index is 521. The summed E-state index contributed by atoms with van der Waals surface area (Å²) in [5.74, 6) is 1.03. The van der Waals surface area contributed by atoms with Crippen molar-refractivity contribution in [3.05, 3.63) is 0 Å². The second-order valence-electron chi connectivity index (χ2n) is 6.87. The third-order valence-electron chi connectivity index (χ3n) is 5.21. The molecule has 9 heteroatoms. The standard InChI is InChI=1S/C16H32N4O3S.HI/c1-17-15(18-9-11-20-10-5-13-24(20,21)22)19-14-16(8-12-23-2)6-3-4-7-16;/h3-14H2,1-2H3,(H2,17,18,19);1H. The van der Waals surface area contributed by atoms with Gasteiger partial charge in [-0.2, -0.15) is 0 Å². The van der Waals surface area contributed by atoms with Gasteiger partial charge in [-0.05, 0) is 31.1 Å². The number of methoxy groups -OCH3 is 1. The Hall–Kier alpha value is -0.130. The first-order valence-corrected chi connectivity index (χ1v) is 10.5. The van der Waals surface area contributed by atoms with Crippen LogP contribution in [0.4, 0.5) is 0 Å². The summed E-state index contributed by atoms with van der Waals surface area (Å²) in [6.45, 7) is 3.39. The van der Waals surface area contributed by atoms with Gasteiger partial charge in [-0.3, -0.25) is 4.99 Å². The van der Waals surface area contributed by atoms with E-state index in [1.165, 1.54) is 25.7 Å². The second kappa shape index (κ2) is 10.9. The first-order valence-electron chi connectivity index (χ1n) is 8.93. The summed E-state index contributed by atoms with van der Waals surface area (Å²) in [4.78, 5) is 4.26. The van der Waals surface area contributed by atoms with E-state index in [2.05, 4.69) is 15.6 Å². The molecule has 1 aliphatic carbocycles. The highest BCUT2D eigenvalue weighted by atomic mass is 127. The molecule has 1 aliphatic heterocycles. The maximum atomic E-state index is 11.8. The Balaban J connectivity index is 0.00000312. The van der Waals surface area contributed by atoms with Crippen LogP contribution >= 0.6 is 24.0 Å². The molecule has 148 valence electrons. The molecule has 0 aromatic carbocycles. The lowest BCUT2D eigenvalue weighted by Crippen LogP contribution is -2.45. The normalized spacial score (nSPS) is 22.6. The van der Waals surface area contributed by atoms with Crippen molar-refractivity contribution in [2.45, 2.75) is 38.5 Å². The van der Waals surface area contributed by atoms with Crippen molar-refractivity contribution in [3.8, 4) is 0 Å². The van der Waals surface area contributed by atoms with Gasteiger partial charge in [0.15, 0.2) is 5.96 Å². The molecule has 2 rings (SSSR count). The highest BCUT2D eigenvalue weighted by Crippen LogP contribution is 2.40. The van der Waals surface area contributed by atoms with Gasteiger partial charge in [-0.25, -0.2) is 12.7 Å². The number of halogens is 1. The number of hydrogen-bond acceptors (Lipinski definition) is 4. The lowest BCUT2D eigenvalue weighted by molar-refractivity contribution is 0.138. The van der Waals surface area contributed by atoms with Crippen LogP contribution < -0.4 is 10.6 Å². The van der Waals surface area contributed by atoms with Gasteiger partial charge in [0.05, 0.1) is 5.75 Å². The molecule has 1 saturated carbocycles. The van der Waals surface area contributed by atoms with Crippen LogP contribution in [0, 0.1) is 5.41 Å². The van der Waals surface area contributed by atoms with Crippen LogP contribution in [0.25, 0.3) is 0 Å². The summed E-state index contributed by atoms with van der Waals surface area (Å²) in [5, 5.41) is 6.66. The van der Waals surface area contributed by atoms with E-state index >= 15 is 0 Å². The van der Waals surface area contributed by atoms with Crippen LogP contribution in [-0.4, -0.2) is 71.4 Å². The predicted molar refractivity (Wildman–Crippen MR) is 112 cm³/mol. The first-order chi connectivity index (χ1) is 11.5. The molecule has 25 heavy (non-hydrogen) atoms. The minimum atomic E-state index is -3.02. The molecule has 0 atom stereocenters. The molecule has 7 nitrogen and oxygen atoms in total. The van der Waals surface area contributed by atoms with Gasteiger partial charge >= 0.3 is 0 Å². The van der Waals surface area contributed by atoms with Crippen molar-refractivity contribution in [1.29, 1.82) is 0 Å². The number of ether oxygens (including phenoxy) is 1. The topological polar surface area (TPSA) is 83.0 Å². The SMILES string of the molecule is CN=C(NCCN1CCCS1(=O)=O)NCC1(CCOC)CCCC1.I. The number of nitrogens with zero attached hydrogens (tertiary/aromatic N) is 2. The monoisotopic (exact) mass is 488 g/mol. The molecule has 2 fully saturated rings. The van der Waals surface area contributed by atoms with Gasteiger partial charge in [0.1, 0.15) is 0 Å².